The van der Waals surface area contributed by atoms with E-state index in [-0.39, 0.29) is 12.5 Å². The van der Waals surface area contributed by atoms with Crippen molar-refractivity contribution in [3.8, 4) is 11.3 Å². The molecular weight excluding hydrogens is 276 g/mol. The van der Waals surface area contributed by atoms with Crippen molar-refractivity contribution in [1.82, 2.24) is 9.38 Å². The number of hydrogen-bond acceptors (Lipinski definition) is 3. The first kappa shape index (κ1) is 14.3. The molecule has 0 saturated carbocycles. The molecule has 3 rings (SSSR count). The van der Waals surface area contributed by atoms with Gasteiger partial charge in [0, 0.05) is 18.0 Å². The molecule has 3 N–H and O–H groups in total. The fourth-order valence-electron chi connectivity index (χ4n) is 2.42. The van der Waals surface area contributed by atoms with Crippen molar-refractivity contribution in [2.24, 2.45) is 5.73 Å². The number of amides is 1. The number of benzene rings is 1. The number of carbonyl (C=O) groups excluding carboxylic acids is 1. The second-order valence-electron chi connectivity index (χ2n) is 5.38. The number of rotatable bonds is 3. The van der Waals surface area contributed by atoms with Gasteiger partial charge < -0.3 is 15.5 Å². The minimum atomic E-state index is -0.214. The molecule has 0 saturated heterocycles. The van der Waals surface area contributed by atoms with Crippen molar-refractivity contribution in [2.75, 3.05) is 11.9 Å². The van der Waals surface area contributed by atoms with Gasteiger partial charge in [-0.15, -0.1) is 0 Å². The maximum absolute atomic E-state index is 11.4. The van der Waals surface area contributed by atoms with Gasteiger partial charge >= 0.3 is 0 Å². The molecule has 0 unspecified atom stereocenters. The van der Waals surface area contributed by atoms with E-state index in [4.69, 9.17) is 5.73 Å². The topological polar surface area (TPSA) is 72.4 Å². The summed E-state index contributed by atoms with van der Waals surface area (Å²) in [4.78, 5) is 16.0. The molecule has 0 spiro atoms. The summed E-state index contributed by atoms with van der Waals surface area (Å²) in [6, 6.07) is 10.0. The Bertz CT molecular complexity index is 851. The van der Waals surface area contributed by atoms with Crippen LogP contribution in [0.2, 0.25) is 0 Å². The summed E-state index contributed by atoms with van der Waals surface area (Å²) >= 11 is 0. The van der Waals surface area contributed by atoms with Crippen LogP contribution in [0.3, 0.4) is 0 Å². The standard InChI is InChI=1S/C17H18N4O/c1-11-3-4-12(2)14(7-11)15-10-21-9-13(19-17(22)8-18)5-6-16(21)20-15/h3-7,9-10H,8,18H2,1-2H3,(H,19,22). The van der Waals surface area contributed by atoms with Crippen LogP contribution in [0.4, 0.5) is 5.69 Å². The Labute approximate surface area is 128 Å². The van der Waals surface area contributed by atoms with Crippen molar-refractivity contribution < 1.29 is 4.79 Å². The number of aromatic nitrogens is 2. The lowest BCUT2D eigenvalue weighted by molar-refractivity contribution is -0.114. The van der Waals surface area contributed by atoms with E-state index >= 15 is 0 Å². The first-order chi connectivity index (χ1) is 10.6. The molecule has 0 aliphatic rings. The summed E-state index contributed by atoms with van der Waals surface area (Å²) in [5.74, 6) is -0.214. The summed E-state index contributed by atoms with van der Waals surface area (Å²) in [6.07, 6.45) is 3.81. The molecule has 112 valence electrons. The number of fused-ring (bicyclic) bond motifs is 1. The third-order valence-electron chi connectivity index (χ3n) is 3.59. The highest BCUT2D eigenvalue weighted by Crippen LogP contribution is 2.24. The zero-order chi connectivity index (χ0) is 15.7. The number of pyridine rings is 1. The Balaban J connectivity index is 2.02. The van der Waals surface area contributed by atoms with Gasteiger partial charge in [0.15, 0.2) is 0 Å². The maximum Gasteiger partial charge on any atom is 0.238 e. The fraction of sp³-hybridized carbons (Fsp3) is 0.176. The van der Waals surface area contributed by atoms with Crippen LogP contribution < -0.4 is 11.1 Å². The molecule has 2 aromatic heterocycles. The monoisotopic (exact) mass is 294 g/mol. The van der Waals surface area contributed by atoms with Crippen molar-refractivity contribution >= 4 is 17.2 Å². The molecule has 1 amide bonds. The quantitative estimate of drug-likeness (QED) is 0.779. The number of hydrogen-bond donors (Lipinski definition) is 2. The van der Waals surface area contributed by atoms with E-state index in [0.29, 0.717) is 5.69 Å². The molecule has 0 atom stereocenters. The molecule has 0 aliphatic heterocycles. The highest BCUT2D eigenvalue weighted by Gasteiger charge is 2.08. The molecule has 2 heterocycles. The molecule has 5 heteroatoms. The highest BCUT2D eigenvalue weighted by atomic mass is 16.1. The van der Waals surface area contributed by atoms with Gasteiger partial charge in [-0.05, 0) is 37.6 Å². The Kier molecular flexibility index (Phi) is 3.65. The predicted octanol–water partition coefficient (Wildman–Crippen LogP) is 2.52. The van der Waals surface area contributed by atoms with Crippen LogP contribution in [0.5, 0.6) is 0 Å². The summed E-state index contributed by atoms with van der Waals surface area (Å²) in [5, 5.41) is 2.74. The van der Waals surface area contributed by atoms with Gasteiger partial charge in [-0.1, -0.05) is 17.7 Å². The Hall–Kier alpha value is -2.66. The molecule has 0 aliphatic carbocycles. The number of nitrogens with two attached hydrogens (primary N) is 1. The summed E-state index contributed by atoms with van der Waals surface area (Å²) in [5.41, 5.74) is 11.3. The molecule has 0 fully saturated rings. The van der Waals surface area contributed by atoms with E-state index < -0.39 is 0 Å². The number of anilines is 1. The van der Waals surface area contributed by atoms with E-state index in [0.717, 1.165) is 16.9 Å². The average Bonchev–Trinajstić information content (AvgIpc) is 2.92. The number of carbonyl (C=O) groups is 1. The van der Waals surface area contributed by atoms with Crippen molar-refractivity contribution in [2.45, 2.75) is 13.8 Å². The van der Waals surface area contributed by atoms with Crippen LogP contribution in [0.15, 0.2) is 42.7 Å². The lowest BCUT2D eigenvalue weighted by atomic mass is 10.0. The lowest BCUT2D eigenvalue weighted by Gasteiger charge is -2.03. The molecule has 3 aromatic rings. The van der Waals surface area contributed by atoms with Crippen LogP contribution in [-0.2, 0) is 4.79 Å². The molecule has 0 radical (unpaired) electrons. The van der Waals surface area contributed by atoms with Gasteiger partial charge in [-0.2, -0.15) is 0 Å². The van der Waals surface area contributed by atoms with E-state index in [2.05, 4.69) is 42.3 Å². The van der Waals surface area contributed by atoms with Crippen molar-refractivity contribution in [3.63, 3.8) is 0 Å². The number of aryl methyl sites for hydroxylation is 2. The zero-order valence-electron chi connectivity index (χ0n) is 12.6. The minimum absolute atomic E-state index is 0.0320. The molecule has 0 bridgehead atoms. The van der Waals surface area contributed by atoms with Crippen LogP contribution in [0.1, 0.15) is 11.1 Å². The summed E-state index contributed by atoms with van der Waals surface area (Å²) in [6.45, 7) is 4.11. The van der Waals surface area contributed by atoms with Gasteiger partial charge in [-0.25, -0.2) is 4.98 Å². The van der Waals surface area contributed by atoms with Gasteiger partial charge in [0.2, 0.25) is 5.91 Å². The van der Waals surface area contributed by atoms with E-state index in [1.165, 1.54) is 11.1 Å². The second kappa shape index (κ2) is 5.61. The van der Waals surface area contributed by atoms with Gasteiger partial charge in [0.05, 0.1) is 17.9 Å². The third kappa shape index (κ3) is 2.71. The molecule has 1 aromatic carbocycles. The van der Waals surface area contributed by atoms with Crippen LogP contribution in [0, 0.1) is 13.8 Å². The Morgan fingerprint density at radius 3 is 2.82 bits per heavy atom. The largest absolute Gasteiger partial charge is 0.324 e. The lowest BCUT2D eigenvalue weighted by Crippen LogP contribution is -2.21. The van der Waals surface area contributed by atoms with E-state index in [1.54, 1.807) is 0 Å². The van der Waals surface area contributed by atoms with Crippen molar-refractivity contribution in [1.29, 1.82) is 0 Å². The SMILES string of the molecule is Cc1ccc(C)c(-c2cn3cc(NC(=O)CN)ccc3n2)c1. The van der Waals surface area contributed by atoms with E-state index in [9.17, 15) is 4.79 Å². The average molecular weight is 294 g/mol. The van der Waals surface area contributed by atoms with Gasteiger partial charge in [-0.3, -0.25) is 4.79 Å². The first-order valence-electron chi connectivity index (χ1n) is 7.13. The van der Waals surface area contributed by atoms with Gasteiger partial charge in [0.1, 0.15) is 5.65 Å². The van der Waals surface area contributed by atoms with Gasteiger partial charge in [0.25, 0.3) is 0 Å². The number of nitrogens with zero attached hydrogens (tertiary/aromatic N) is 2. The summed E-state index contributed by atoms with van der Waals surface area (Å²) < 4.78 is 1.91. The van der Waals surface area contributed by atoms with Crippen molar-refractivity contribution in [3.05, 3.63) is 53.9 Å². The normalized spacial score (nSPS) is 10.9. The number of nitrogens with one attached hydrogen (secondary N) is 1. The van der Waals surface area contributed by atoms with Crippen LogP contribution in [-0.4, -0.2) is 21.8 Å². The Morgan fingerprint density at radius 1 is 1.23 bits per heavy atom. The second-order valence-corrected chi connectivity index (χ2v) is 5.38. The zero-order valence-corrected chi connectivity index (χ0v) is 12.6. The summed E-state index contributed by atoms with van der Waals surface area (Å²) in [7, 11) is 0. The first-order valence-corrected chi connectivity index (χ1v) is 7.13. The maximum atomic E-state index is 11.4. The molecule has 5 nitrogen and oxygen atoms in total. The van der Waals surface area contributed by atoms with Crippen LogP contribution >= 0.6 is 0 Å². The number of imidazole rings is 1. The molecular formula is C17H18N4O. The molecule has 22 heavy (non-hydrogen) atoms. The minimum Gasteiger partial charge on any atom is -0.324 e. The predicted molar refractivity (Wildman–Crippen MR) is 87.8 cm³/mol. The van der Waals surface area contributed by atoms with Crippen LogP contribution in [0.25, 0.3) is 16.9 Å². The third-order valence-corrected chi connectivity index (χ3v) is 3.59. The Morgan fingerprint density at radius 2 is 2.05 bits per heavy atom. The van der Waals surface area contributed by atoms with E-state index in [1.807, 2.05) is 28.9 Å². The smallest absolute Gasteiger partial charge is 0.238 e. The fourth-order valence-corrected chi connectivity index (χ4v) is 2.42. The highest BCUT2D eigenvalue weighted by molar-refractivity contribution is 5.92.